The van der Waals surface area contributed by atoms with Crippen LogP contribution in [0, 0.1) is 17.2 Å². The van der Waals surface area contributed by atoms with E-state index >= 15 is 0 Å². The molecule has 1 unspecified atom stereocenters. The van der Waals surface area contributed by atoms with Crippen molar-refractivity contribution >= 4 is 17.5 Å². The molecule has 0 N–H and O–H groups in total. The van der Waals surface area contributed by atoms with Crippen molar-refractivity contribution in [3.63, 3.8) is 0 Å². The van der Waals surface area contributed by atoms with E-state index in [1.165, 1.54) is 7.11 Å². The van der Waals surface area contributed by atoms with Gasteiger partial charge in [-0.2, -0.15) is 5.26 Å². The summed E-state index contributed by atoms with van der Waals surface area (Å²) in [6.07, 6.45) is 0. The number of halogens is 1. The van der Waals surface area contributed by atoms with Crippen molar-refractivity contribution in [1.82, 2.24) is 9.80 Å². The number of rotatable bonds is 4. The van der Waals surface area contributed by atoms with Crippen LogP contribution in [0.3, 0.4) is 0 Å². The minimum Gasteiger partial charge on any atom is -0.495 e. The number of amides is 1. The van der Waals surface area contributed by atoms with Gasteiger partial charge >= 0.3 is 0 Å². The number of carbonyl (C=O) groups excluding carboxylic acids is 1. The quantitative estimate of drug-likeness (QED) is 0.848. The number of methoxy groups -OCH3 is 1. The first-order chi connectivity index (χ1) is 11.0. The van der Waals surface area contributed by atoms with E-state index in [1.54, 1.807) is 18.2 Å². The molecule has 1 heterocycles. The van der Waals surface area contributed by atoms with Crippen LogP contribution in [0.15, 0.2) is 18.2 Å². The van der Waals surface area contributed by atoms with E-state index in [9.17, 15) is 10.1 Å². The maximum Gasteiger partial charge on any atom is 0.254 e. The van der Waals surface area contributed by atoms with Crippen LogP contribution in [-0.4, -0.2) is 55.0 Å². The zero-order chi connectivity index (χ0) is 17.0. The van der Waals surface area contributed by atoms with Crippen molar-refractivity contribution in [3.8, 4) is 11.8 Å². The molecule has 0 bridgehead atoms. The summed E-state index contributed by atoms with van der Waals surface area (Å²) in [5, 5.41) is 9.78. The molecule has 6 heteroatoms. The number of carbonyl (C=O) groups is 1. The number of piperazine rings is 1. The van der Waals surface area contributed by atoms with Crippen LogP contribution in [0.25, 0.3) is 0 Å². The maximum absolute atomic E-state index is 12.6. The summed E-state index contributed by atoms with van der Waals surface area (Å²) >= 11 is 6.00. The second kappa shape index (κ2) is 7.67. The monoisotopic (exact) mass is 335 g/mol. The van der Waals surface area contributed by atoms with E-state index in [4.69, 9.17) is 16.3 Å². The Kier molecular flexibility index (Phi) is 5.86. The fourth-order valence-electron chi connectivity index (χ4n) is 2.83. The van der Waals surface area contributed by atoms with Crippen molar-refractivity contribution in [2.24, 2.45) is 5.92 Å². The van der Waals surface area contributed by atoms with E-state index in [2.05, 4.69) is 11.0 Å². The Balaban J connectivity index is 2.03. The largest absolute Gasteiger partial charge is 0.495 e. The molecule has 0 aliphatic carbocycles. The van der Waals surface area contributed by atoms with Gasteiger partial charge in [0.2, 0.25) is 0 Å². The first-order valence-electron chi connectivity index (χ1n) is 7.74. The molecular weight excluding hydrogens is 314 g/mol. The summed E-state index contributed by atoms with van der Waals surface area (Å²) in [6, 6.07) is 7.32. The molecule has 0 saturated carbocycles. The van der Waals surface area contributed by atoms with Crippen LogP contribution in [0.1, 0.15) is 24.2 Å². The number of nitriles is 1. The van der Waals surface area contributed by atoms with Crippen molar-refractivity contribution in [2.75, 3.05) is 33.3 Å². The maximum atomic E-state index is 12.6. The summed E-state index contributed by atoms with van der Waals surface area (Å²) in [5.74, 6) is 0.751. The smallest absolute Gasteiger partial charge is 0.254 e. The van der Waals surface area contributed by atoms with Gasteiger partial charge in [-0.3, -0.25) is 9.69 Å². The Labute approximate surface area is 142 Å². The lowest BCUT2D eigenvalue weighted by molar-refractivity contribution is 0.0576. The van der Waals surface area contributed by atoms with Crippen LogP contribution in [-0.2, 0) is 0 Å². The summed E-state index contributed by atoms with van der Waals surface area (Å²) in [7, 11) is 1.53. The Bertz CT molecular complexity index is 604. The normalized spacial score (nSPS) is 17.0. The van der Waals surface area contributed by atoms with Gasteiger partial charge in [0.25, 0.3) is 5.91 Å². The average molecular weight is 336 g/mol. The zero-order valence-corrected chi connectivity index (χ0v) is 14.5. The molecule has 1 aliphatic rings. The highest BCUT2D eigenvalue weighted by atomic mass is 35.5. The molecule has 1 aromatic rings. The molecule has 1 fully saturated rings. The number of ether oxygens (including phenoxy) is 1. The van der Waals surface area contributed by atoms with Crippen LogP contribution in [0.2, 0.25) is 5.02 Å². The molecule has 0 radical (unpaired) electrons. The van der Waals surface area contributed by atoms with E-state index in [0.717, 1.165) is 0 Å². The molecule has 124 valence electrons. The Morgan fingerprint density at radius 1 is 1.30 bits per heavy atom. The standard InChI is InChI=1S/C17H22ClN3O2/c1-12(2)15(11-19)20-6-8-21(9-7-20)17(22)13-4-5-14(18)16(10-13)23-3/h4-5,10,12,15H,6-9H2,1-3H3. The average Bonchev–Trinajstić information content (AvgIpc) is 2.55. The van der Waals surface area contributed by atoms with Crippen molar-refractivity contribution < 1.29 is 9.53 Å². The van der Waals surface area contributed by atoms with E-state index in [-0.39, 0.29) is 17.9 Å². The number of hydrogen-bond acceptors (Lipinski definition) is 4. The van der Waals surface area contributed by atoms with Gasteiger partial charge in [-0.1, -0.05) is 25.4 Å². The molecule has 1 atom stereocenters. The molecule has 0 aromatic heterocycles. The van der Waals surface area contributed by atoms with Gasteiger partial charge in [0.15, 0.2) is 0 Å². The molecule has 1 amide bonds. The summed E-state index contributed by atoms with van der Waals surface area (Å²) < 4.78 is 5.17. The lowest BCUT2D eigenvalue weighted by Crippen LogP contribution is -2.52. The van der Waals surface area contributed by atoms with Gasteiger partial charge in [-0.15, -0.1) is 0 Å². The van der Waals surface area contributed by atoms with Crippen molar-refractivity contribution in [1.29, 1.82) is 5.26 Å². The number of benzene rings is 1. The third-order valence-corrected chi connectivity index (χ3v) is 4.47. The molecule has 1 aromatic carbocycles. The lowest BCUT2D eigenvalue weighted by Gasteiger charge is -2.38. The first-order valence-corrected chi connectivity index (χ1v) is 8.12. The first kappa shape index (κ1) is 17.6. The Morgan fingerprint density at radius 3 is 2.48 bits per heavy atom. The van der Waals surface area contributed by atoms with Gasteiger partial charge in [-0.05, 0) is 24.1 Å². The third kappa shape index (κ3) is 3.95. The fraction of sp³-hybridized carbons (Fsp3) is 0.529. The van der Waals surface area contributed by atoms with Gasteiger partial charge in [0.1, 0.15) is 11.8 Å². The third-order valence-electron chi connectivity index (χ3n) is 4.16. The predicted molar refractivity (Wildman–Crippen MR) is 89.7 cm³/mol. The molecule has 2 rings (SSSR count). The highest BCUT2D eigenvalue weighted by molar-refractivity contribution is 6.32. The number of nitrogens with zero attached hydrogens (tertiary/aromatic N) is 3. The SMILES string of the molecule is COc1cc(C(=O)N2CCN(C(C#N)C(C)C)CC2)ccc1Cl. The fourth-order valence-corrected chi connectivity index (χ4v) is 3.03. The lowest BCUT2D eigenvalue weighted by atomic mass is 10.0. The van der Waals surface area contributed by atoms with Crippen molar-refractivity contribution in [3.05, 3.63) is 28.8 Å². The summed E-state index contributed by atoms with van der Waals surface area (Å²) in [6.45, 7) is 6.76. The van der Waals surface area contributed by atoms with Gasteiger partial charge in [0.05, 0.1) is 18.2 Å². The molecule has 1 saturated heterocycles. The molecule has 0 spiro atoms. The van der Waals surface area contributed by atoms with Crippen molar-refractivity contribution in [2.45, 2.75) is 19.9 Å². The summed E-state index contributed by atoms with van der Waals surface area (Å²) in [5.41, 5.74) is 0.570. The van der Waals surface area contributed by atoms with Gasteiger partial charge < -0.3 is 9.64 Å². The molecular formula is C17H22ClN3O2. The second-order valence-corrected chi connectivity index (χ2v) is 6.40. The minimum atomic E-state index is -0.0946. The highest BCUT2D eigenvalue weighted by Gasteiger charge is 2.28. The molecule has 5 nitrogen and oxygen atoms in total. The van der Waals surface area contributed by atoms with E-state index < -0.39 is 0 Å². The van der Waals surface area contributed by atoms with Gasteiger partial charge in [-0.25, -0.2) is 0 Å². The number of hydrogen-bond donors (Lipinski definition) is 0. The molecule has 23 heavy (non-hydrogen) atoms. The van der Waals surface area contributed by atoms with E-state index in [1.807, 2.05) is 18.7 Å². The molecule has 1 aliphatic heterocycles. The Hall–Kier alpha value is -1.77. The summed E-state index contributed by atoms with van der Waals surface area (Å²) in [4.78, 5) is 16.6. The van der Waals surface area contributed by atoms with Crippen LogP contribution >= 0.6 is 11.6 Å². The highest BCUT2D eigenvalue weighted by Crippen LogP contribution is 2.26. The van der Waals surface area contributed by atoms with Crippen LogP contribution < -0.4 is 4.74 Å². The second-order valence-electron chi connectivity index (χ2n) is 6.00. The predicted octanol–water partition coefficient (Wildman–Crippen LogP) is 2.65. The zero-order valence-electron chi connectivity index (χ0n) is 13.8. The Morgan fingerprint density at radius 2 is 1.96 bits per heavy atom. The van der Waals surface area contributed by atoms with Crippen LogP contribution in [0.4, 0.5) is 0 Å². The minimum absolute atomic E-state index is 0.0299. The van der Waals surface area contributed by atoms with Gasteiger partial charge in [0, 0.05) is 31.7 Å². The topological polar surface area (TPSA) is 56.6 Å². The van der Waals surface area contributed by atoms with Crippen LogP contribution in [0.5, 0.6) is 5.75 Å². The van der Waals surface area contributed by atoms with E-state index in [0.29, 0.717) is 42.5 Å².